The Morgan fingerprint density at radius 3 is 2.26 bits per heavy atom. The van der Waals surface area contributed by atoms with E-state index in [1.54, 1.807) is 73.7 Å². The number of carbonyl (C=O) groups excluding carboxylic acids is 3. The summed E-state index contributed by atoms with van der Waals surface area (Å²) in [7, 11) is 0. The summed E-state index contributed by atoms with van der Waals surface area (Å²) in [5.41, 5.74) is 4.84. The molecule has 0 amide bonds. The first-order valence-corrected chi connectivity index (χ1v) is 15.0. The maximum absolute atomic E-state index is 14.4. The van der Waals surface area contributed by atoms with E-state index in [1.165, 1.54) is 6.07 Å². The molecular weight excluding hydrogens is 608 g/mol. The molecular formula is C35H30N2O10. The smallest absolute Gasteiger partial charge is 0.507 e. The van der Waals surface area contributed by atoms with Crippen molar-refractivity contribution in [1.29, 1.82) is 0 Å². The van der Waals surface area contributed by atoms with Crippen LogP contribution in [0, 0.1) is 11.8 Å². The van der Waals surface area contributed by atoms with Crippen LogP contribution < -0.4 is 10.5 Å². The Labute approximate surface area is 268 Å². The van der Waals surface area contributed by atoms with E-state index in [4.69, 9.17) is 24.5 Å². The Morgan fingerprint density at radius 1 is 0.915 bits per heavy atom. The quantitative estimate of drug-likeness (QED) is 0.171. The summed E-state index contributed by atoms with van der Waals surface area (Å²) in [6.45, 7) is 1.55. The van der Waals surface area contributed by atoms with Crippen LogP contribution in [0.4, 0.5) is 4.79 Å². The summed E-state index contributed by atoms with van der Waals surface area (Å²) in [4.78, 5) is 42.0. The molecule has 1 fully saturated rings. The van der Waals surface area contributed by atoms with Crippen molar-refractivity contribution < 1.29 is 48.4 Å². The van der Waals surface area contributed by atoms with Crippen LogP contribution in [0.5, 0.6) is 11.6 Å². The fraction of sp³-hybridized carbons (Fsp3) is 0.257. The monoisotopic (exact) mass is 638 g/mol. The Kier molecular flexibility index (Phi) is 7.33. The molecule has 3 aliphatic rings. The van der Waals surface area contributed by atoms with Gasteiger partial charge in [0.1, 0.15) is 36.4 Å². The number of fused-ring (bicyclic) bond motifs is 4. The number of aromatic hydroxyl groups is 1. The molecule has 12 heteroatoms. The maximum atomic E-state index is 14.4. The first kappa shape index (κ1) is 30.2. The van der Waals surface area contributed by atoms with Gasteiger partial charge in [0.2, 0.25) is 11.6 Å². The number of aromatic nitrogens is 1. The van der Waals surface area contributed by atoms with Crippen LogP contribution in [-0.4, -0.2) is 49.9 Å². The van der Waals surface area contributed by atoms with E-state index < -0.39 is 64.6 Å². The number of rotatable bonds is 6. The lowest BCUT2D eigenvalue weighted by Crippen LogP contribution is -2.68. The SMILES string of the molecule is C[C@H]1c2cccc(O)c2C(O)=C2C(=O)[C@]3(O)C(=O)c4c(OCc5ccccc5)noc4[C@@H](N)[C@@H]3[C@@H](OC(=O)OCc3ccccc3)[C@@H]21. The van der Waals surface area contributed by atoms with Crippen molar-refractivity contribution in [2.45, 2.75) is 43.8 Å². The van der Waals surface area contributed by atoms with Gasteiger partial charge in [-0.15, -0.1) is 0 Å². The van der Waals surface area contributed by atoms with Gasteiger partial charge in [-0.25, -0.2) is 4.79 Å². The van der Waals surface area contributed by atoms with Gasteiger partial charge in [0.25, 0.3) is 5.88 Å². The van der Waals surface area contributed by atoms with Gasteiger partial charge in [-0.05, 0) is 33.8 Å². The molecule has 0 aliphatic heterocycles. The zero-order chi connectivity index (χ0) is 33.0. The number of ether oxygens (including phenoxy) is 3. The zero-order valence-corrected chi connectivity index (χ0v) is 25.0. The second-order valence-corrected chi connectivity index (χ2v) is 11.9. The van der Waals surface area contributed by atoms with Gasteiger partial charge in [-0.3, -0.25) is 9.59 Å². The Hall–Kier alpha value is -5.46. The van der Waals surface area contributed by atoms with Gasteiger partial charge in [-0.1, -0.05) is 79.7 Å². The third-order valence-electron chi connectivity index (χ3n) is 9.31. The van der Waals surface area contributed by atoms with E-state index in [1.807, 2.05) is 6.07 Å². The van der Waals surface area contributed by atoms with Crippen molar-refractivity contribution in [3.05, 3.63) is 118 Å². The van der Waals surface area contributed by atoms with E-state index in [2.05, 4.69) is 5.16 Å². The van der Waals surface area contributed by atoms with E-state index >= 15 is 0 Å². The molecule has 3 aliphatic carbocycles. The third-order valence-corrected chi connectivity index (χ3v) is 9.31. The molecule has 1 aromatic heterocycles. The summed E-state index contributed by atoms with van der Waals surface area (Å²) in [6, 6.07) is 21.0. The van der Waals surface area contributed by atoms with Gasteiger partial charge < -0.3 is 39.8 Å². The van der Waals surface area contributed by atoms with Crippen molar-refractivity contribution >= 4 is 23.5 Å². The fourth-order valence-electron chi connectivity index (χ4n) is 7.09. The number of aliphatic hydroxyl groups is 2. The predicted molar refractivity (Wildman–Crippen MR) is 163 cm³/mol. The van der Waals surface area contributed by atoms with Crippen LogP contribution in [0.15, 0.2) is 89.0 Å². The van der Waals surface area contributed by atoms with Crippen LogP contribution in [0.3, 0.4) is 0 Å². The highest BCUT2D eigenvalue weighted by atomic mass is 16.7. The van der Waals surface area contributed by atoms with Crippen molar-refractivity contribution in [3.63, 3.8) is 0 Å². The number of ketones is 2. The first-order valence-electron chi connectivity index (χ1n) is 15.0. The highest BCUT2D eigenvalue weighted by Gasteiger charge is 2.70. The van der Waals surface area contributed by atoms with Crippen LogP contribution >= 0.6 is 0 Å². The summed E-state index contributed by atoms with van der Waals surface area (Å²) < 4.78 is 22.5. The minimum absolute atomic E-state index is 0.0152. The number of carbonyl (C=O) groups is 3. The molecule has 5 N–H and O–H groups in total. The Balaban J connectivity index is 1.33. The molecule has 7 rings (SSSR count). The van der Waals surface area contributed by atoms with Crippen LogP contribution in [0.1, 0.15) is 57.3 Å². The maximum Gasteiger partial charge on any atom is 0.508 e. The van der Waals surface area contributed by atoms with Gasteiger partial charge in [0, 0.05) is 11.5 Å². The molecule has 3 aromatic carbocycles. The predicted octanol–water partition coefficient (Wildman–Crippen LogP) is 4.51. The largest absolute Gasteiger partial charge is 0.508 e. The molecule has 0 spiro atoms. The van der Waals surface area contributed by atoms with Crippen molar-refractivity contribution in [1.82, 2.24) is 5.16 Å². The van der Waals surface area contributed by atoms with E-state index in [-0.39, 0.29) is 41.7 Å². The molecule has 1 saturated carbocycles. The Bertz CT molecular complexity index is 1920. The molecule has 240 valence electrons. The lowest BCUT2D eigenvalue weighted by Gasteiger charge is -2.52. The molecule has 4 aromatic rings. The summed E-state index contributed by atoms with van der Waals surface area (Å²) in [6.07, 6.45) is -2.65. The number of phenols is 1. The lowest BCUT2D eigenvalue weighted by atomic mass is 9.54. The second kappa shape index (κ2) is 11.4. The minimum atomic E-state index is -2.95. The number of benzene rings is 3. The first-order chi connectivity index (χ1) is 22.6. The van der Waals surface area contributed by atoms with E-state index in [0.717, 1.165) is 5.56 Å². The topological polar surface area (TPSA) is 192 Å². The summed E-state index contributed by atoms with van der Waals surface area (Å²) in [5.74, 6) is -7.08. The minimum Gasteiger partial charge on any atom is -0.507 e. The van der Waals surface area contributed by atoms with Gasteiger partial charge in [-0.2, -0.15) is 0 Å². The normalized spacial score (nSPS) is 26.1. The molecule has 47 heavy (non-hydrogen) atoms. The van der Waals surface area contributed by atoms with Crippen molar-refractivity contribution in [2.75, 3.05) is 0 Å². The van der Waals surface area contributed by atoms with E-state index in [9.17, 15) is 29.7 Å². The average molecular weight is 639 g/mol. The highest BCUT2D eigenvalue weighted by Crippen LogP contribution is 2.58. The van der Waals surface area contributed by atoms with Crippen LogP contribution in [-0.2, 0) is 27.5 Å². The Morgan fingerprint density at radius 2 is 1.57 bits per heavy atom. The number of hydrogen-bond donors (Lipinski definition) is 4. The molecule has 0 saturated heterocycles. The molecule has 6 atom stereocenters. The van der Waals surface area contributed by atoms with Gasteiger partial charge in [0.15, 0.2) is 11.4 Å². The number of hydrogen-bond acceptors (Lipinski definition) is 12. The molecule has 12 nitrogen and oxygen atoms in total. The number of Topliss-reactive ketones (excluding diaryl/α,β-unsaturated/α-hetero) is 2. The van der Waals surface area contributed by atoms with Gasteiger partial charge in [0.05, 0.1) is 17.5 Å². The molecule has 0 unspecified atom stereocenters. The molecule has 0 radical (unpaired) electrons. The zero-order valence-electron chi connectivity index (χ0n) is 25.0. The molecule has 0 bridgehead atoms. The lowest BCUT2D eigenvalue weighted by molar-refractivity contribution is -0.155. The van der Waals surface area contributed by atoms with Crippen LogP contribution in [0.2, 0.25) is 0 Å². The highest BCUT2D eigenvalue weighted by molar-refractivity contribution is 6.26. The third kappa shape index (κ3) is 4.67. The number of aliphatic hydroxyl groups excluding tert-OH is 1. The second-order valence-electron chi connectivity index (χ2n) is 11.9. The van der Waals surface area contributed by atoms with Crippen molar-refractivity contribution in [3.8, 4) is 11.6 Å². The standard InChI is InChI=1S/C35H30N2O10/c1-17-20-13-8-14-21(38)23(20)28(39)24-22(17)29(46-34(42)45-16-19-11-6-3-7-12-19)26-27(36)30-25(32(41)35(26,43)31(24)40)33(37-47-30)44-15-18-9-4-2-5-10-18/h2-14,17,22,26-27,29,38-39,43H,15-16,36H2,1H3/t17-,22+,26+,27-,29-,35-/m0/s1. The number of nitrogens with two attached hydrogens (primary N) is 1. The average Bonchev–Trinajstić information content (AvgIpc) is 3.51. The number of nitrogens with zero attached hydrogens (tertiary/aromatic N) is 1. The molecule has 1 heterocycles. The fourth-order valence-corrected chi connectivity index (χ4v) is 7.09. The summed E-state index contributed by atoms with van der Waals surface area (Å²) in [5, 5.41) is 38.4. The number of phenolic OH excluding ortho intramolecular Hbond substituents is 1. The van der Waals surface area contributed by atoms with Gasteiger partial charge >= 0.3 is 6.16 Å². The van der Waals surface area contributed by atoms with E-state index in [0.29, 0.717) is 11.1 Å². The van der Waals surface area contributed by atoms with Crippen LogP contribution in [0.25, 0.3) is 5.76 Å². The van der Waals surface area contributed by atoms with Crippen molar-refractivity contribution in [2.24, 2.45) is 17.6 Å². The summed E-state index contributed by atoms with van der Waals surface area (Å²) >= 11 is 0.